The number of benzene rings is 1. The fourth-order valence-electron chi connectivity index (χ4n) is 2.27. The van der Waals surface area contributed by atoms with E-state index < -0.39 is 15.8 Å². The van der Waals surface area contributed by atoms with Gasteiger partial charge in [-0.15, -0.1) is 0 Å². The molecule has 0 amide bonds. The lowest BCUT2D eigenvalue weighted by atomic mass is 10.00. The van der Waals surface area contributed by atoms with Gasteiger partial charge in [-0.25, -0.2) is 17.1 Å². The van der Waals surface area contributed by atoms with Gasteiger partial charge in [0, 0.05) is 25.3 Å². The molecule has 1 fully saturated rings. The van der Waals surface area contributed by atoms with Crippen LogP contribution in [0.4, 0.5) is 4.39 Å². The van der Waals surface area contributed by atoms with Gasteiger partial charge in [0.05, 0.1) is 5.75 Å². The Bertz CT molecular complexity index is 524. The van der Waals surface area contributed by atoms with Crippen LogP contribution in [0.25, 0.3) is 0 Å². The Labute approximate surface area is 112 Å². The number of hydrogen-bond acceptors (Lipinski definition) is 3. The Morgan fingerprint density at radius 3 is 2.47 bits per heavy atom. The zero-order chi connectivity index (χ0) is 13.9. The number of halogens is 1. The summed E-state index contributed by atoms with van der Waals surface area (Å²) >= 11 is 0. The molecule has 1 N–H and O–H groups in total. The lowest BCUT2D eigenvalue weighted by Crippen LogP contribution is -2.39. The standard InChI is InChI=1S/C13H18FNO3S/c14-13-4-2-1-3-12(13)10-19(17,18)15-7-5-11(9-16)6-8-15/h1-4,11,16H,5-10H2. The van der Waals surface area contributed by atoms with Gasteiger partial charge in [-0.1, -0.05) is 18.2 Å². The number of piperidine rings is 1. The summed E-state index contributed by atoms with van der Waals surface area (Å²) in [6.07, 6.45) is 1.32. The number of sulfonamides is 1. The van der Waals surface area contributed by atoms with Crippen LogP contribution in [0.2, 0.25) is 0 Å². The summed E-state index contributed by atoms with van der Waals surface area (Å²) in [4.78, 5) is 0. The maximum Gasteiger partial charge on any atom is 0.218 e. The summed E-state index contributed by atoms with van der Waals surface area (Å²) in [5.41, 5.74) is 0.201. The van der Waals surface area contributed by atoms with Crippen molar-refractivity contribution in [2.24, 2.45) is 5.92 Å². The van der Waals surface area contributed by atoms with Crippen molar-refractivity contribution in [3.8, 4) is 0 Å². The van der Waals surface area contributed by atoms with Gasteiger partial charge in [0.1, 0.15) is 5.82 Å². The Hall–Kier alpha value is -0.980. The van der Waals surface area contributed by atoms with Crippen molar-refractivity contribution in [2.75, 3.05) is 19.7 Å². The molecular weight excluding hydrogens is 269 g/mol. The van der Waals surface area contributed by atoms with Gasteiger partial charge in [0.15, 0.2) is 0 Å². The third kappa shape index (κ3) is 3.52. The molecule has 4 nitrogen and oxygen atoms in total. The third-order valence-electron chi connectivity index (χ3n) is 3.52. The van der Waals surface area contributed by atoms with E-state index in [9.17, 15) is 12.8 Å². The Kier molecular flexibility index (Phi) is 4.54. The Balaban J connectivity index is 2.05. The first-order chi connectivity index (χ1) is 9.03. The molecule has 0 atom stereocenters. The average Bonchev–Trinajstić information content (AvgIpc) is 2.41. The molecule has 0 unspecified atom stereocenters. The van der Waals surface area contributed by atoms with E-state index in [1.54, 1.807) is 6.07 Å². The highest BCUT2D eigenvalue weighted by atomic mass is 32.2. The fraction of sp³-hybridized carbons (Fsp3) is 0.538. The summed E-state index contributed by atoms with van der Waals surface area (Å²) < 4.78 is 39.3. The highest BCUT2D eigenvalue weighted by Crippen LogP contribution is 2.21. The van der Waals surface area contributed by atoms with E-state index in [1.807, 2.05) is 0 Å². The zero-order valence-corrected chi connectivity index (χ0v) is 11.4. The van der Waals surface area contributed by atoms with E-state index in [1.165, 1.54) is 22.5 Å². The lowest BCUT2D eigenvalue weighted by Gasteiger charge is -2.30. The second-order valence-electron chi connectivity index (χ2n) is 4.87. The predicted molar refractivity (Wildman–Crippen MR) is 70.4 cm³/mol. The SMILES string of the molecule is O=S(=O)(Cc1ccccc1F)N1CCC(CO)CC1. The first-order valence-corrected chi connectivity index (χ1v) is 7.96. The second kappa shape index (κ2) is 5.98. The zero-order valence-electron chi connectivity index (χ0n) is 10.6. The maximum atomic E-state index is 13.5. The molecule has 0 aliphatic carbocycles. The first-order valence-electron chi connectivity index (χ1n) is 6.35. The Morgan fingerprint density at radius 2 is 1.89 bits per heavy atom. The van der Waals surface area contributed by atoms with Crippen LogP contribution >= 0.6 is 0 Å². The molecule has 1 aromatic rings. The third-order valence-corrected chi connectivity index (χ3v) is 5.35. The molecular formula is C13H18FNO3S. The van der Waals surface area contributed by atoms with Gasteiger partial charge in [-0.3, -0.25) is 0 Å². The van der Waals surface area contributed by atoms with Gasteiger partial charge >= 0.3 is 0 Å². The quantitative estimate of drug-likeness (QED) is 0.909. The van der Waals surface area contributed by atoms with Crippen LogP contribution in [0.5, 0.6) is 0 Å². The summed E-state index contributed by atoms with van der Waals surface area (Å²) in [7, 11) is -3.48. The summed E-state index contributed by atoms with van der Waals surface area (Å²) in [5, 5.41) is 9.03. The van der Waals surface area contributed by atoms with Crippen molar-refractivity contribution in [1.29, 1.82) is 0 Å². The molecule has 19 heavy (non-hydrogen) atoms. The molecule has 0 bridgehead atoms. The molecule has 1 aromatic carbocycles. The molecule has 1 aliphatic rings. The summed E-state index contributed by atoms with van der Waals surface area (Å²) in [6.45, 7) is 0.908. The van der Waals surface area contributed by atoms with E-state index in [0.29, 0.717) is 25.9 Å². The van der Waals surface area contributed by atoms with Crippen LogP contribution in [-0.2, 0) is 15.8 Å². The predicted octanol–water partition coefficient (Wildman–Crippen LogP) is 1.36. The van der Waals surface area contributed by atoms with E-state index in [4.69, 9.17) is 5.11 Å². The largest absolute Gasteiger partial charge is 0.396 e. The molecule has 1 aliphatic heterocycles. The van der Waals surface area contributed by atoms with Crippen LogP contribution in [0.15, 0.2) is 24.3 Å². The molecule has 1 heterocycles. The number of rotatable bonds is 4. The highest BCUT2D eigenvalue weighted by molar-refractivity contribution is 7.88. The van der Waals surface area contributed by atoms with Crippen LogP contribution in [-0.4, -0.2) is 37.5 Å². The van der Waals surface area contributed by atoms with Crippen LogP contribution < -0.4 is 0 Å². The van der Waals surface area contributed by atoms with E-state index in [2.05, 4.69) is 0 Å². The van der Waals surface area contributed by atoms with E-state index in [-0.39, 0.29) is 23.8 Å². The van der Waals surface area contributed by atoms with Gasteiger partial charge in [-0.05, 0) is 24.8 Å². The van der Waals surface area contributed by atoms with E-state index >= 15 is 0 Å². The van der Waals surface area contributed by atoms with Crippen molar-refractivity contribution < 1.29 is 17.9 Å². The van der Waals surface area contributed by atoms with Crippen LogP contribution in [0, 0.1) is 11.7 Å². The second-order valence-corrected chi connectivity index (χ2v) is 6.84. The minimum atomic E-state index is -3.48. The fourth-order valence-corrected chi connectivity index (χ4v) is 3.85. The topological polar surface area (TPSA) is 57.6 Å². The molecule has 0 saturated carbocycles. The minimum Gasteiger partial charge on any atom is -0.396 e. The minimum absolute atomic E-state index is 0.0984. The van der Waals surface area contributed by atoms with Crippen LogP contribution in [0.3, 0.4) is 0 Å². The highest BCUT2D eigenvalue weighted by Gasteiger charge is 2.28. The molecule has 106 valence electrons. The van der Waals surface area contributed by atoms with Crippen molar-refractivity contribution >= 4 is 10.0 Å². The van der Waals surface area contributed by atoms with E-state index in [0.717, 1.165) is 0 Å². The van der Waals surface area contributed by atoms with Gasteiger partial charge < -0.3 is 5.11 Å². The van der Waals surface area contributed by atoms with Crippen molar-refractivity contribution in [1.82, 2.24) is 4.31 Å². The monoisotopic (exact) mass is 287 g/mol. The van der Waals surface area contributed by atoms with Crippen molar-refractivity contribution in [3.63, 3.8) is 0 Å². The number of nitrogens with zero attached hydrogens (tertiary/aromatic N) is 1. The lowest BCUT2D eigenvalue weighted by molar-refractivity contribution is 0.170. The normalized spacial score (nSPS) is 18.6. The molecule has 0 spiro atoms. The molecule has 0 radical (unpaired) electrons. The Morgan fingerprint density at radius 1 is 1.26 bits per heavy atom. The van der Waals surface area contributed by atoms with Crippen molar-refractivity contribution in [2.45, 2.75) is 18.6 Å². The van der Waals surface area contributed by atoms with Gasteiger partial charge in [0.2, 0.25) is 10.0 Å². The van der Waals surface area contributed by atoms with Gasteiger partial charge in [-0.2, -0.15) is 0 Å². The smallest absolute Gasteiger partial charge is 0.218 e. The molecule has 1 saturated heterocycles. The molecule has 6 heteroatoms. The summed E-state index contributed by atoms with van der Waals surface area (Å²) in [6, 6.07) is 5.93. The first kappa shape index (κ1) is 14.4. The number of hydrogen-bond donors (Lipinski definition) is 1. The molecule has 2 rings (SSSR count). The molecule has 0 aromatic heterocycles. The van der Waals surface area contributed by atoms with Gasteiger partial charge in [0.25, 0.3) is 0 Å². The van der Waals surface area contributed by atoms with Crippen LogP contribution in [0.1, 0.15) is 18.4 Å². The van der Waals surface area contributed by atoms with Crippen molar-refractivity contribution in [3.05, 3.63) is 35.6 Å². The number of aliphatic hydroxyl groups is 1. The number of aliphatic hydroxyl groups excluding tert-OH is 1. The summed E-state index contributed by atoms with van der Waals surface area (Å²) in [5.74, 6) is -0.611. The average molecular weight is 287 g/mol. The maximum absolute atomic E-state index is 13.5.